The SMILES string of the molecule is O[C@H](CN1CCN(Cc2ccsc2)CC1)c1ccc2c(c1)OCO2. The van der Waals surface area contributed by atoms with Gasteiger partial charge in [0.1, 0.15) is 0 Å². The van der Waals surface area contributed by atoms with Crippen molar-refractivity contribution in [1.29, 1.82) is 0 Å². The van der Waals surface area contributed by atoms with Gasteiger partial charge in [-0.1, -0.05) is 6.07 Å². The Labute approximate surface area is 146 Å². The number of hydrogen-bond acceptors (Lipinski definition) is 6. The average molecular weight is 346 g/mol. The highest BCUT2D eigenvalue weighted by Gasteiger charge is 2.22. The van der Waals surface area contributed by atoms with E-state index < -0.39 is 6.10 Å². The summed E-state index contributed by atoms with van der Waals surface area (Å²) in [5.74, 6) is 1.49. The first kappa shape index (κ1) is 15.9. The predicted octanol–water partition coefficient (Wildman–Crippen LogP) is 2.33. The molecule has 1 N–H and O–H groups in total. The summed E-state index contributed by atoms with van der Waals surface area (Å²) in [6, 6.07) is 7.88. The molecule has 0 bridgehead atoms. The molecule has 4 rings (SSSR count). The van der Waals surface area contributed by atoms with Crippen molar-refractivity contribution in [2.75, 3.05) is 39.5 Å². The Morgan fingerprint density at radius 3 is 2.62 bits per heavy atom. The summed E-state index contributed by atoms with van der Waals surface area (Å²) in [5, 5.41) is 14.9. The Bertz CT molecular complexity index is 669. The third-order valence-corrected chi connectivity index (χ3v) is 5.40. The largest absolute Gasteiger partial charge is 0.454 e. The standard InChI is InChI=1S/C18H22N2O3S/c21-16(15-1-2-17-18(9-15)23-13-22-17)11-20-6-4-19(5-7-20)10-14-3-8-24-12-14/h1-3,8-9,12,16,21H,4-7,10-11,13H2/t16-/m1/s1. The van der Waals surface area contributed by atoms with E-state index in [-0.39, 0.29) is 6.79 Å². The Balaban J connectivity index is 1.28. The fourth-order valence-corrected chi connectivity index (χ4v) is 3.90. The van der Waals surface area contributed by atoms with Crippen LogP contribution in [-0.4, -0.2) is 54.4 Å². The summed E-state index contributed by atoms with van der Waals surface area (Å²) < 4.78 is 10.7. The molecule has 128 valence electrons. The minimum atomic E-state index is -0.497. The van der Waals surface area contributed by atoms with Gasteiger partial charge in [-0.05, 0) is 40.1 Å². The molecule has 0 saturated carbocycles. The summed E-state index contributed by atoms with van der Waals surface area (Å²) in [6.07, 6.45) is -0.497. The van der Waals surface area contributed by atoms with Gasteiger partial charge in [-0.3, -0.25) is 9.80 Å². The highest BCUT2D eigenvalue weighted by molar-refractivity contribution is 7.07. The molecule has 2 aliphatic rings. The lowest BCUT2D eigenvalue weighted by Crippen LogP contribution is -2.47. The number of hydrogen-bond donors (Lipinski definition) is 1. The maximum Gasteiger partial charge on any atom is 0.231 e. The van der Waals surface area contributed by atoms with Crippen LogP contribution in [0, 0.1) is 0 Å². The number of aliphatic hydroxyl groups excluding tert-OH is 1. The molecule has 0 amide bonds. The van der Waals surface area contributed by atoms with E-state index in [1.807, 2.05) is 18.2 Å². The number of piperazine rings is 1. The van der Waals surface area contributed by atoms with Crippen LogP contribution in [0.2, 0.25) is 0 Å². The lowest BCUT2D eigenvalue weighted by molar-refractivity contribution is 0.0700. The maximum atomic E-state index is 10.5. The van der Waals surface area contributed by atoms with Crippen molar-refractivity contribution in [2.24, 2.45) is 0 Å². The molecule has 1 fully saturated rings. The Morgan fingerprint density at radius 2 is 1.83 bits per heavy atom. The van der Waals surface area contributed by atoms with Crippen molar-refractivity contribution in [2.45, 2.75) is 12.6 Å². The third kappa shape index (κ3) is 3.57. The van der Waals surface area contributed by atoms with E-state index in [4.69, 9.17) is 9.47 Å². The van der Waals surface area contributed by atoms with Crippen molar-refractivity contribution >= 4 is 11.3 Å². The van der Waals surface area contributed by atoms with E-state index in [1.54, 1.807) is 11.3 Å². The molecule has 0 aliphatic carbocycles. The van der Waals surface area contributed by atoms with Gasteiger partial charge in [0.05, 0.1) is 6.10 Å². The molecular formula is C18H22N2O3S. The lowest BCUT2D eigenvalue weighted by Gasteiger charge is -2.35. The van der Waals surface area contributed by atoms with Crippen LogP contribution in [0.4, 0.5) is 0 Å². The number of rotatable bonds is 5. The first-order valence-electron chi connectivity index (χ1n) is 8.31. The number of β-amino-alcohol motifs (C(OH)–C–C–N with tert-alkyl or cyclic N) is 1. The van der Waals surface area contributed by atoms with Gasteiger partial charge in [0.15, 0.2) is 11.5 Å². The second kappa shape index (κ2) is 7.11. The summed E-state index contributed by atoms with van der Waals surface area (Å²) in [6.45, 7) is 6.03. The monoisotopic (exact) mass is 346 g/mol. The predicted molar refractivity (Wildman–Crippen MR) is 93.6 cm³/mol. The van der Waals surface area contributed by atoms with Crippen LogP contribution >= 0.6 is 11.3 Å². The Morgan fingerprint density at radius 1 is 1.04 bits per heavy atom. The smallest absolute Gasteiger partial charge is 0.231 e. The molecule has 5 nitrogen and oxygen atoms in total. The fraction of sp³-hybridized carbons (Fsp3) is 0.444. The maximum absolute atomic E-state index is 10.5. The Hall–Kier alpha value is -1.60. The number of fused-ring (bicyclic) bond motifs is 1. The number of thiophene rings is 1. The Kier molecular flexibility index (Phi) is 4.71. The fourth-order valence-electron chi connectivity index (χ4n) is 3.24. The van der Waals surface area contributed by atoms with Crippen molar-refractivity contribution in [3.05, 3.63) is 46.2 Å². The van der Waals surface area contributed by atoms with E-state index in [0.717, 1.165) is 49.8 Å². The van der Waals surface area contributed by atoms with Crippen LogP contribution in [0.1, 0.15) is 17.2 Å². The zero-order valence-electron chi connectivity index (χ0n) is 13.6. The molecule has 0 unspecified atom stereocenters. The zero-order valence-corrected chi connectivity index (χ0v) is 14.4. The number of nitrogens with zero attached hydrogens (tertiary/aromatic N) is 2. The van der Waals surface area contributed by atoms with Crippen LogP contribution in [0.25, 0.3) is 0 Å². The second-order valence-electron chi connectivity index (χ2n) is 6.34. The number of aliphatic hydroxyl groups is 1. The van der Waals surface area contributed by atoms with Gasteiger partial charge in [0, 0.05) is 39.3 Å². The molecule has 1 atom stereocenters. The molecule has 2 aliphatic heterocycles. The highest BCUT2D eigenvalue weighted by Crippen LogP contribution is 2.34. The number of ether oxygens (including phenoxy) is 2. The summed E-state index contributed by atoms with van der Waals surface area (Å²) in [4.78, 5) is 4.81. The van der Waals surface area contributed by atoms with Crippen LogP contribution in [0.15, 0.2) is 35.0 Å². The van der Waals surface area contributed by atoms with Gasteiger partial charge in [-0.25, -0.2) is 0 Å². The van der Waals surface area contributed by atoms with E-state index in [0.29, 0.717) is 6.54 Å². The van der Waals surface area contributed by atoms with Crippen molar-refractivity contribution < 1.29 is 14.6 Å². The van der Waals surface area contributed by atoms with Crippen LogP contribution in [0.5, 0.6) is 11.5 Å². The molecule has 6 heteroatoms. The number of benzene rings is 1. The van der Waals surface area contributed by atoms with E-state index >= 15 is 0 Å². The molecule has 1 saturated heterocycles. The average Bonchev–Trinajstić information content (AvgIpc) is 3.27. The van der Waals surface area contributed by atoms with E-state index in [1.165, 1.54) is 5.56 Å². The van der Waals surface area contributed by atoms with Gasteiger partial charge in [-0.15, -0.1) is 0 Å². The normalized spacial score (nSPS) is 19.5. The van der Waals surface area contributed by atoms with E-state index in [2.05, 4.69) is 26.6 Å². The lowest BCUT2D eigenvalue weighted by atomic mass is 10.1. The van der Waals surface area contributed by atoms with Gasteiger partial charge in [0.25, 0.3) is 0 Å². The van der Waals surface area contributed by atoms with Gasteiger partial charge in [0.2, 0.25) is 6.79 Å². The van der Waals surface area contributed by atoms with Gasteiger partial charge in [-0.2, -0.15) is 11.3 Å². The van der Waals surface area contributed by atoms with Crippen LogP contribution < -0.4 is 9.47 Å². The summed E-state index contributed by atoms with van der Waals surface area (Å²) >= 11 is 1.75. The highest BCUT2D eigenvalue weighted by atomic mass is 32.1. The van der Waals surface area contributed by atoms with E-state index in [9.17, 15) is 5.11 Å². The molecule has 0 radical (unpaired) electrons. The first-order valence-corrected chi connectivity index (χ1v) is 9.25. The molecular weight excluding hydrogens is 324 g/mol. The topological polar surface area (TPSA) is 45.2 Å². The zero-order chi connectivity index (χ0) is 16.4. The summed E-state index contributed by atoms with van der Waals surface area (Å²) in [7, 11) is 0. The molecule has 0 spiro atoms. The first-order chi connectivity index (χ1) is 11.8. The van der Waals surface area contributed by atoms with Crippen molar-refractivity contribution in [3.8, 4) is 11.5 Å². The van der Waals surface area contributed by atoms with Gasteiger partial charge < -0.3 is 14.6 Å². The quantitative estimate of drug-likeness (QED) is 0.900. The van der Waals surface area contributed by atoms with Gasteiger partial charge >= 0.3 is 0 Å². The van der Waals surface area contributed by atoms with Crippen molar-refractivity contribution in [1.82, 2.24) is 9.80 Å². The molecule has 2 aromatic rings. The molecule has 1 aromatic heterocycles. The van der Waals surface area contributed by atoms with Crippen LogP contribution in [-0.2, 0) is 6.54 Å². The van der Waals surface area contributed by atoms with Crippen LogP contribution in [0.3, 0.4) is 0 Å². The minimum Gasteiger partial charge on any atom is -0.454 e. The molecule has 3 heterocycles. The van der Waals surface area contributed by atoms with Crippen molar-refractivity contribution in [3.63, 3.8) is 0 Å². The second-order valence-corrected chi connectivity index (χ2v) is 7.12. The minimum absolute atomic E-state index is 0.265. The molecule has 24 heavy (non-hydrogen) atoms. The molecule has 1 aromatic carbocycles. The third-order valence-electron chi connectivity index (χ3n) is 4.66. The summed E-state index contributed by atoms with van der Waals surface area (Å²) in [5.41, 5.74) is 2.29.